The lowest BCUT2D eigenvalue weighted by molar-refractivity contribution is -0.156. The summed E-state index contributed by atoms with van der Waals surface area (Å²) in [4.78, 5) is 58.4. The molecule has 0 heterocycles. The third-order valence-corrected chi connectivity index (χ3v) is 3.70. The second-order valence-electron chi connectivity index (χ2n) is 5.60. The van der Waals surface area contributed by atoms with E-state index in [1.54, 1.807) is 6.92 Å². The Morgan fingerprint density at radius 3 is 1.16 bits per heavy atom. The van der Waals surface area contributed by atoms with Gasteiger partial charge in [0.15, 0.2) is 0 Å². The molecule has 0 aromatic carbocycles. The van der Waals surface area contributed by atoms with Gasteiger partial charge in [-0.15, -0.1) is 0 Å². The first-order chi connectivity index (χ1) is 14.8. The van der Waals surface area contributed by atoms with Crippen molar-refractivity contribution in [2.24, 2.45) is 5.41 Å². The molecule has 0 aromatic heterocycles. The van der Waals surface area contributed by atoms with E-state index < -0.39 is 36.9 Å². The molecule has 3 N–H and O–H groups in total. The number of ether oxygens (including phenoxy) is 3. The molecule has 12 heteroatoms. The lowest BCUT2D eigenvalue weighted by atomic mass is 9.88. The van der Waals surface area contributed by atoms with Crippen LogP contribution in [0.1, 0.15) is 13.3 Å². The van der Waals surface area contributed by atoms with Gasteiger partial charge in [-0.05, 0) is 6.42 Å². The lowest BCUT2D eigenvalue weighted by Crippen LogP contribution is -2.38. The van der Waals surface area contributed by atoms with Gasteiger partial charge in [0.25, 0.3) is 0 Å². The van der Waals surface area contributed by atoms with Crippen molar-refractivity contribution < 1.29 is 52.8 Å². The maximum Gasteiger partial charge on any atom is 0.348 e. The van der Waals surface area contributed by atoms with Crippen LogP contribution in [-0.2, 0) is 38.0 Å². The molecule has 11 nitrogen and oxygen atoms in total. The zero-order valence-corrected chi connectivity index (χ0v) is 18.7. The minimum absolute atomic E-state index is 0.0802. The predicted octanol–water partition coefficient (Wildman–Crippen LogP) is 2.14. The fourth-order valence-corrected chi connectivity index (χ4v) is 1.28. The largest absolute Gasteiger partial charge is 0.478 e. The van der Waals surface area contributed by atoms with Gasteiger partial charge < -0.3 is 29.1 Å². The topological polar surface area (TPSA) is 174 Å². The highest BCUT2D eigenvalue weighted by Gasteiger charge is 2.33. The van der Waals surface area contributed by atoms with Crippen LogP contribution in [-0.4, -0.2) is 58.6 Å². The van der Waals surface area contributed by atoms with Gasteiger partial charge in [0, 0.05) is 30.1 Å². The van der Waals surface area contributed by atoms with Crippen LogP contribution in [0, 0.1) is 5.41 Å². The molecule has 0 aliphatic carbocycles. The summed E-state index contributed by atoms with van der Waals surface area (Å²) < 4.78 is 24.5. The molecule has 0 aliphatic rings. The number of esters is 3. The SMILES string of the molecule is C=CC(=O)O.C=CC(=O)OCC(CC)(COC(=O)C=C)COC(=O)C=C.C=CP(=O)(O)O. The van der Waals surface area contributed by atoms with E-state index in [2.05, 4.69) is 32.9 Å². The van der Waals surface area contributed by atoms with Crippen molar-refractivity contribution in [3.63, 3.8) is 0 Å². The van der Waals surface area contributed by atoms with Crippen molar-refractivity contribution in [1.29, 1.82) is 0 Å². The van der Waals surface area contributed by atoms with E-state index in [0.717, 1.165) is 24.3 Å². The maximum atomic E-state index is 11.2. The summed E-state index contributed by atoms with van der Waals surface area (Å²) in [5, 5.41) is 7.60. The molecule has 0 unspecified atom stereocenters. The second-order valence-corrected chi connectivity index (χ2v) is 7.15. The number of carbonyl (C=O) groups is 4. The molecule has 0 aromatic rings. The molecule has 0 aliphatic heterocycles. The Hall–Kier alpha value is -3.27. The van der Waals surface area contributed by atoms with E-state index in [1.165, 1.54) is 0 Å². The minimum Gasteiger partial charge on any atom is -0.478 e. The van der Waals surface area contributed by atoms with Crippen molar-refractivity contribution in [2.45, 2.75) is 13.3 Å². The molecule has 0 radical (unpaired) electrons. The zero-order chi connectivity index (χ0) is 25.8. The summed E-state index contributed by atoms with van der Waals surface area (Å²) in [6.07, 6.45) is 4.34. The molecular formula is C20H29O11P. The van der Waals surface area contributed by atoms with Gasteiger partial charge in [-0.1, -0.05) is 39.8 Å². The number of rotatable bonds is 12. The Kier molecular flexibility index (Phi) is 19.3. The Bertz CT molecular complexity index is 674. The summed E-state index contributed by atoms with van der Waals surface area (Å²) in [6, 6.07) is 0. The van der Waals surface area contributed by atoms with Gasteiger partial charge in [0.05, 0.1) is 5.41 Å². The van der Waals surface area contributed by atoms with Gasteiger partial charge >= 0.3 is 31.5 Å². The molecule has 0 fully saturated rings. The van der Waals surface area contributed by atoms with Gasteiger partial charge in [0.1, 0.15) is 19.8 Å². The Labute approximate surface area is 186 Å². The summed E-state index contributed by atoms with van der Waals surface area (Å²) >= 11 is 0. The highest BCUT2D eigenvalue weighted by atomic mass is 31.2. The highest BCUT2D eigenvalue weighted by Crippen LogP contribution is 2.34. The average Bonchev–Trinajstić information content (AvgIpc) is 2.78. The van der Waals surface area contributed by atoms with Crippen molar-refractivity contribution >= 4 is 31.5 Å². The van der Waals surface area contributed by atoms with Crippen LogP contribution in [0.4, 0.5) is 0 Å². The van der Waals surface area contributed by atoms with Crippen molar-refractivity contribution in [1.82, 2.24) is 0 Å². The molecule has 0 bridgehead atoms. The summed E-state index contributed by atoms with van der Waals surface area (Å²) in [5.41, 5.74) is -0.837. The number of carbonyl (C=O) groups excluding carboxylic acids is 3. The monoisotopic (exact) mass is 476 g/mol. The molecule has 0 atom stereocenters. The number of carboxylic acids is 1. The fraction of sp³-hybridized carbons (Fsp3) is 0.300. The molecular weight excluding hydrogens is 447 g/mol. The third kappa shape index (κ3) is 21.4. The minimum atomic E-state index is -3.88. The Morgan fingerprint density at radius 2 is 1.03 bits per heavy atom. The van der Waals surface area contributed by atoms with Crippen LogP contribution >= 0.6 is 7.60 Å². The van der Waals surface area contributed by atoms with Crippen LogP contribution in [0.2, 0.25) is 0 Å². The lowest BCUT2D eigenvalue weighted by Gasteiger charge is -2.30. The summed E-state index contributed by atoms with van der Waals surface area (Å²) in [5.74, 6) is -2.22. The molecule has 0 amide bonds. The summed E-state index contributed by atoms with van der Waals surface area (Å²) in [7, 11) is -3.88. The van der Waals surface area contributed by atoms with Crippen molar-refractivity contribution in [3.8, 4) is 0 Å². The second kappa shape index (κ2) is 18.5. The first kappa shape index (κ1) is 33.4. The number of aliphatic carboxylic acids is 1. The van der Waals surface area contributed by atoms with Gasteiger partial charge in [0.2, 0.25) is 0 Å². The van der Waals surface area contributed by atoms with Crippen LogP contribution in [0.15, 0.2) is 63.0 Å². The average molecular weight is 476 g/mol. The molecule has 0 rings (SSSR count). The zero-order valence-electron chi connectivity index (χ0n) is 17.8. The first-order valence-electron chi connectivity index (χ1n) is 8.68. The van der Waals surface area contributed by atoms with E-state index in [4.69, 9.17) is 29.1 Å². The van der Waals surface area contributed by atoms with E-state index in [-0.39, 0.29) is 19.8 Å². The predicted molar refractivity (Wildman–Crippen MR) is 116 cm³/mol. The normalized spacial score (nSPS) is 9.72. The Morgan fingerprint density at radius 1 is 0.781 bits per heavy atom. The molecule has 0 saturated heterocycles. The third-order valence-electron chi connectivity index (χ3n) is 3.22. The van der Waals surface area contributed by atoms with Crippen molar-refractivity contribution in [3.05, 3.63) is 63.0 Å². The standard InChI is InChI=1S/C15H20O6.C3H4O2.C2H5O3P/c1-5-12(16)19-9-15(8-4,10-20-13(17)6-2)11-21-14(18)7-3;1-2-3(4)5;1-2-6(3,4)5/h5-7H,1-3,8-11H2,4H3;2H,1H2,(H,4,5);2H,1H2,(H2,3,4,5). The van der Waals surface area contributed by atoms with Crippen LogP contribution in [0.3, 0.4) is 0 Å². The number of hydrogen-bond acceptors (Lipinski definition) is 8. The van der Waals surface area contributed by atoms with Crippen molar-refractivity contribution in [2.75, 3.05) is 19.8 Å². The number of hydrogen-bond donors (Lipinski definition) is 3. The van der Waals surface area contributed by atoms with Gasteiger partial charge in [-0.2, -0.15) is 0 Å². The highest BCUT2D eigenvalue weighted by molar-refractivity contribution is 7.55. The molecule has 0 saturated carbocycles. The first-order valence-corrected chi connectivity index (χ1v) is 10.4. The van der Waals surface area contributed by atoms with E-state index >= 15 is 0 Å². The molecule has 180 valence electrons. The van der Waals surface area contributed by atoms with Gasteiger partial charge in [-0.25, -0.2) is 19.2 Å². The smallest absolute Gasteiger partial charge is 0.348 e. The molecule has 0 spiro atoms. The van der Waals surface area contributed by atoms with E-state index in [9.17, 15) is 23.7 Å². The van der Waals surface area contributed by atoms with Crippen LogP contribution in [0.5, 0.6) is 0 Å². The van der Waals surface area contributed by atoms with Crippen LogP contribution in [0.25, 0.3) is 0 Å². The van der Waals surface area contributed by atoms with E-state index in [0.29, 0.717) is 12.2 Å². The van der Waals surface area contributed by atoms with E-state index in [1.807, 2.05) is 0 Å². The fourth-order valence-electron chi connectivity index (χ4n) is 1.28. The van der Waals surface area contributed by atoms with Gasteiger partial charge in [-0.3, -0.25) is 4.57 Å². The molecule has 32 heavy (non-hydrogen) atoms. The maximum absolute atomic E-state index is 11.2. The number of carboxylic acid groups (broad SMARTS) is 1. The quantitative estimate of drug-likeness (QED) is 0.163. The summed E-state index contributed by atoms with van der Waals surface area (Å²) in [6.45, 7) is 17.3. The Balaban J connectivity index is -0.000000626. The van der Waals surface area contributed by atoms with Crippen LogP contribution < -0.4 is 0 Å².